The molecule has 0 saturated heterocycles. The number of carboxylic acid groups (broad SMARTS) is 1. The monoisotopic (exact) mass is 303 g/mol. The summed E-state index contributed by atoms with van der Waals surface area (Å²) in [7, 11) is 1.69. The average molecular weight is 303 g/mol. The molecule has 0 amide bonds. The van der Waals surface area contributed by atoms with Gasteiger partial charge in [0.15, 0.2) is 0 Å². The van der Waals surface area contributed by atoms with E-state index in [4.69, 9.17) is 0 Å². The summed E-state index contributed by atoms with van der Waals surface area (Å²) in [6.45, 7) is 7.86. The highest BCUT2D eigenvalue weighted by atomic mass is 19.4. The van der Waals surface area contributed by atoms with Gasteiger partial charge in [0, 0.05) is 13.1 Å². The smallest absolute Gasteiger partial charge is 0.416 e. The van der Waals surface area contributed by atoms with Crippen molar-refractivity contribution in [2.24, 2.45) is 5.41 Å². The summed E-state index contributed by atoms with van der Waals surface area (Å²) in [5.41, 5.74) is -1.17. The van der Waals surface area contributed by atoms with E-state index in [1.807, 2.05) is 27.7 Å². The zero-order valence-corrected chi connectivity index (χ0v) is 12.7. The Balaban J connectivity index is 3.34. The van der Waals surface area contributed by atoms with Gasteiger partial charge in [-0.1, -0.05) is 20.8 Å². The molecule has 1 rings (SSSR count). The molecule has 1 N–H and O–H groups in total. The molecule has 0 radical (unpaired) electrons. The van der Waals surface area contributed by atoms with Crippen molar-refractivity contribution in [1.29, 1.82) is 0 Å². The van der Waals surface area contributed by atoms with E-state index in [2.05, 4.69) is 0 Å². The normalized spacial score (nSPS) is 13.9. The third kappa shape index (κ3) is 3.89. The number of alkyl halides is 3. The van der Waals surface area contributed by atoms with Crippen molar-refractivity contribution < 1.29 is 23.1 Å². The number of nitrogens with zero attached hydrogens (tertiary/aromatic N) is 1. The number of hydrogen-bond acceptors (Lipinski definition) is 2. The van der Waals surface area contributed by atoms with Gasteiger partial charge < -0.3 is 10.0 Å². The van der Waals surface area contributed by atoms with E-state index in [0.717, 1.165) is 6.07 Å². The van der Waals surface area contributed by atoms with Gasteiger partial charge in [0.05, 0.1) is 16.8 Å². The summed E-state index contributed by atoms with van der Waals surface area (Å²) in [5, 5.41) is 9.20. The van der Waals surface area contributed by atoms with Gasteiger partial charge in [-0.3, -0.25) is 0 Å². The van der Waals surface area contributed by atoms with Crippen LogP contribution in [0.5, 0.6) is 0 Å². The Morgan fingerprint density at radius 3 is 2.14 bits per heavy atom. The highest BCUT2D eigenvalue weighted by molar-refractivity contribution is 5.94. The molecular formula is C15H20F3NO2. The van der Waals surface area contributed by atoms with Crippen LogP contribution in [0, 0.1) is 5.41 Å². The molecule has 0 spiro atoms. The molecule has 118 valence electrons. The number of benzene rings is 1. The fraction of sp³-hybridized carbons (Fsp3) is 0.533. The van der Waals surface area contributed by atoms with Gasteiger partial charge in [-0.05, 0) is 30.5 Å². The molecule has 0 heterocycles. The first-order valence-corrected chi connectivity index (χ1v) is 6.53. The van der Waals surface area contributed by atoms with E-state index in [1.54, 1.807) is 11.9 Å². The average Bonchev–Trinajstić information content (AvgIpc) is 2.34. The number of rotatable bonds is 3. The predicted molar refractivity (Wildman–Crippen MR) is 75.7 cm³/mol. The number of aromatic carboxylic acids is 1. The van der Waals surface area contributed by atoms with Crippen molar-refractivity contribution >= 4 is 11.7 Å². The van der Waals surface area contributed by atoms with Crippen LogP contribution in [0.25, 0.3) is 0 Å². The zero-order valence-electron chi connectivity index (χ0n) is 12.7. The molecule has 0 aliphatic rings. The minimum absolute atomic E-state index is 0.0488. The lowest BCUT2D eigenvalue weighted by Crippen LogP contribution is -2.40. The molecule has 0 aliphatic carbocycles. The molecule has 0 saturated carbocycles. The van der Waals surface area contributed by atoms with Gasteiger partial charge in [0.1, 0.15) is 0 Å². The second kappa shape index (κ2) is 5.58. The van der Waals surface area contributed by atoms with Crippen LogP contribution in [0.1, 0.15) is 43.6 Å². The summed E-state index contributed by atoms with van der Waals surface area (Å²) >= 11 is 0. The Morgan fingerprint density at radius 1 is 1.24 bits per heavy atom. The summed E-state index contributed by atoms with van der Waals surface area (Å²) in [4.78, 5) is 13.0. The van der Waals surface area contributed by atoms with Gasteiger partial charge in [0.25, 0.3) is 0 Å². The first-order chi connectivity index (χ1) is 9.35. The lowest BCUT2D eigenvalue weighted by molar-refractivity contribution is -0.137. The SMILES string of the molecule is CC(N(C)c1ccc(C(F)(F)F)cc1C(=O)O)C(C)(C)C. The summed E-state index contributed by atoms with van der Waals surface area (Å²) < 4.78 is 38.1. The molecule has 21 heavy (non-hydrogen) atoms. The molecule has 1 aromatic rings. The molecular weight excluding hydrogens is 283 g/mol. The lowest BCUT2D eigenvalue weighted by Gasteiger charge is -2.37. The number of anilines is 1. The molecule has 0 aromatic heterocycles. The van der Waals surface area contributed by atoms with Crippen molar-refractivity contribution in [2.75, 3.05) is 11.9 Å². The Kier molecular flexibility index (Phi) is 4.60. The van der Waals surface area contributed by atoms with Gasteiger partial charge in [-0.25, -0.2) is 4.79 Å². The van der Waals surface area contributed by atoms with Gasteiger partial charge in [-0.2, -0.15) is 13.2 Å². The van der Waals surface area contributed by atoms with E-state index < -0.39 is 17.7 Å². The maximum absolute atomic E-state index is 12.7. The van der Waals surface area contributed by atoms with Gasteiger partial charge >= 0.3 is 12.1 Å². The molecule has 1 aromatic carbocycles. The van der Waals surface area contributed by atoms with Crippen molar-refractivity contribution in [1.82, 2.24) is 0 Å². The minimum Gasteiger partial charge on any atom is -0.478 e. The maximum atomic E-state index is 12.7. The first-order valence-electron chi connectivity index (χ1n) is 6.53. The van der Waals surface area contributed by atoms with Crippen molar-refractivity contribution in [3.8, 4) is 0 Å². The lowest BCUT2D eigenvalue weighted by atomic mass is 9.86. The molecule has 3 nitrogen and oxygen atoms in total. The summed E-state index contributed by atoms with van der Waals surface area (Å²) in [6.07, 6.45) is -4.56. The Hall–Kier alpha value is -1.72. The van der Waals surface area contributed by atoms with Crippen LogP contribution in [0.4, 0.5) is 18.9 Å². The number of hydrogen-bond donors (Lipinski definition) is 1. The van der Waals surface area contributed by atoms with Gasteiger partial charge in [-0.15, -0.1) is 0 Å². The summed E-state index contributed by atoms with van der Waals surface area (Å²) in [6, 6.07) is 2.76. The maximum Gasteiger partial charge on any atom is 0.416 e. The molecule has 1 atom stereocenters. The standard InChI is InChI=1S/C15H20F3NO2/c1-9(14(2,3)4)19(5)12-7-6-10(15(16,17)18)8-11(12)13(20)21/h6-9H,1-5H3,(H,20,21). The van der Waals surface area contributed by atoms with E-state index in [0.29, 0.717) is 6.07 Å². The molecule has 1 unspecified atom stereocenters. The van der Waals surface area contributed by atoms with E-state index >= 15 is 0 Å². The van der Waals surface area contributed by atoms with Crippen LogP contribution in [-0.2, 0) is 6.18 Å². The van der Waals surface area contributed by atoms with Crippen LogP contribution < -0.4 is 4.90 Å². The Labute approximate surface area is 122 Å². The third-order valence-corrected chi connectivity index (χ3v) is 3.77. The fourth-order valence-electron chi connectivity index (χ4n) is 1.98. The molecule has 0 aliphatic heterocycles. The quantitative estimate of drug-likeness (QED) is 0.906. The van der Waals surface area contributed by atoms with Crippen LogP contribution in [0.2, 0.25) is 0 Å². The number of halogens is 3. The molecule has 0 bridgehead atoms. The second-order valence-electron chi connectivity index (χ2n) is 6.19. The highest BCUT2D eigenvalue weighted by Gasteiger charge is 2.33. The Bertz CT molecular complexity index is 533. The van der Waals surface area contributed by atoms with Gasteiger partial charge in [0.2, 0.25) is 0 Å². The molecule has 6 heteroatoms. The minimum atomic E-state index is -4.56. The first kappa shape index (κ1) is 17.3. The van der Waals surface area contributed by atoms with E-state index in [1.165, 1.54) is 6.07 Å². The van der Waals surface area contributed by atoms with Crippen LogP contribution in [0.3, 0.4) is 0 Å². The third-order valence-electron chi connectivity index (χ3n) is 3.77. The number of carbonyl (C=O) groups is 1. The van der Waals surface area contributed by atoms with E-state index in [-0.39, 0.29) is 22.7 Å². The molecule has 0 fully saturated rings. The predicted octanol–water partition coefficient (Wildman–Crippen LogP) is 4.27. The van der Waals surface area contributed by atoms with E-state index in [9.17, 15) is 23.1 Å². The highest BCUT2D eigenvalue weighted by Crippen LogP contribution is 2.35. The fourth-order valence-corrected chi connectivity index (χ4v) is 1.98. The summed E-state index contributed by atoms with van der Waals surface area (Å²) in [5.74, 6) is -1.37. The van der Waals surface area contributed by atoms with Crippen LogP contribution in [-0.4, -0.2) is 24.2 Å². The Morgan fingerprint density at radius 2 is 1.76 bits per heavy atom. The van der Waals surface area contributed by atoms with Crippen LogP contribution >= 0.6 is 0 Å². The van der Waals surface area contributed by atoms with Crippen molar-refractivity contribution in [3.05, 3.63) is 29.3 Å². The largest absolute Gasteiger partial charge is 0.478 e. The number of carboxylic acids is 1. The van der Waals surface area contributed by atoms with Crippen LogP contribution in [0.15, 0.2) is 18.2 Å². The second-order valence-corrected chi connectivity index (χ2v) is 6.19. The topological polar surface area (TPSA) is 40.5 Å². The van der Waals surface area contributed by atoms with Crippen molar-refractivity contribution in [3.63, 3.8) is 0 Å². The zero-order chi connectivity index (χ0) is 16.6. The van der Waals surface area contributed by atoms with Crippen molar-refractivity contribution in [2.45, 2.75) is 39.9 Å².